The number of Topliss-reactive ketones (excluding diaryl/α,β-unsaturated/α-hetero) is 1. The maximum absolute atomic E-state index is 12.7. The molecule has 43 heavy (non-hydrogen) atoms. The second-order valence-corrected chi connectivity index (χ2v) is 8.81. The maximum atomic E-state index is 12.7. The molecule has 0 heterocycles. The van der Waals surface area contributed by atoms with Crippen LogP contribution in [0.25, 0.3) is 0 Å². The molecule has 10 heteroatoms. The van der Waals surface area contributed by atoms with Crippen molar-refractivity contribution in [2.24, 2.45) is 0 Å². The molecule has 0 N–H and O–H groups in total. The molecule has 10 nitrogen and oxygen atoms in total. The highest BCUT2D eigenvalue weighted by molar-refractivity contribution is 6.01. The number of ketones is 1. The van der Waals surface area contributed by atoms with Gasteiger partial charge in [-0.3, -0.25) is 4.79 Å². The van der Waals surface area contributed by atoms with E-state index in [0.29, 0.717) is 25.2 Å². The van der Waals surface area contributed by atoms with Crippen molar-refractivity contribution in [1.82, 2.24) is 0 Å². The van der Waals surface area contributed by atoms with Crippen molar-refractivity contribution in [3.05, 3.63) is 109 Å². The van der Waals surface area contributed by atoms with Crippen molar-refractivity contribution in [3.8, 4) is 23.0 Å². The molecular formula is C33H30O10. The summed E-state index contributed by atoms with van der Waals surface area (Å²) >= 11 is 0. The van der Waals surface area contributed by atoms with Crippen molar-refractivity contribution >= 4 is 29.7 Å². The maximum Gasteiger partial charge on any atom is 0.343 e. The lowest BCUT2D eigenvalue weighted by Crippen LogP contribution is -2.13. The average Bonchev–Trinajstić information content (AvgIpc) is 3.03. The molecule has 3 rings (SSSR count). The summed E-state index contributed by atoms with van der Waals surface area (Å²) < 4.78 is 26.4. The standard InChI is InChI=1S/C33H30O10/c1-4-28(34)27-21-26(17-18-29(27)43-33(38)23-11-15-25(16-12-23)41-31(36)6-3)42-32(37)22-9-13-24(14-10-22)39-19-7-8-20-40-30(35)5-2/h5-6,9-18,21H,2-4,7-8,19-20H2,1H3. The van der Waals surface area contributed by atoms with Crippen molar-refractivity contribution in [2.45, 2.75) is 26.2 Å². The molecule has 0 saturated carbocycles. The van der Waals surface area contributed by atoms with E-state index in [1.807, 2.05) is 0 Å². The van der Waals surface area contributed by atoms with Gasteiger partial charge in [0.05, 0.1) is 29.9 Å². The fourth-order valence-electron chi connectivity index (χ4n) is 3.52. The van der Waals surface area contributed by atoms with E-state index >= 15 is 0 Å². The zero-order valence-electron chi connectivity index (χ0n) is 23.5. The van der Waals surface area contributed by atoms with Gasteiger partial charge in [0, 0.05) is 18.6 Å². The minimum Gasteiger partial charge on any atom is -0.494 e. The molecule has 0 spiro atoms. The molecule has 0 fully saturated rings. The summed E-state index contributed by atoms with van der Waals surface area (Å²) in [5.41, 5.74) is 0.482. The first-order chi connectivity index (χ1) is 20.7. The smallest absolute Gasteiger partial charge is 0.343 e. The Balaban J connectivity index is 1.60. The van der Waals surface area contributed by atoms with Crippen LogP contribution in [0.5, 0.6) is 23.0 Å². The lowest BCUT2D eigenvalue weighted by atomic mass is 10.1. The fourth-order valence-corrected chi connectivity index (χ4v) is 3.52. The second kappa shape index (κ2) is 16.1. The lowest BCUT2D eigenvalue weighted by Gasteiger charge is -2.12. The summed E-state index contributed by atoms with van der Waals surface area (Å²) in [5.74, 6) is -1.97. The molecule has 0 radical (unpaired) electrons. The first-order valence-corrected chi connectivity index (χ1v) is 13.3. The van der Waals surface area contributed by atoms with Gasteiger partial charge in [-0.25, -0.2) is 19.2 Å². The number of benzene rings is 3. The first kappa shape index (κ1) is 32.0. The molecule has 0 aliphatic rings. The Kier molecular flexibility index (Phi) is 12.0. The normalized spacial score (nSPS) is 10.2. The Morgan fingerprint density at radius 1 is 0.651 bits per heavy atom. The van der Waals surface area contributed by atoms with Crippen LogP contribution in [0, 0.1) is 0 Å². The third-order valence-corrected chi connectivity index (χ3v) is 5.77. The van der Waals surface area contributed by atoms with E-state index in [1.165, 1.54) is 42.5 Å². The van der Waals surface area contributed by atoms with Gasteiger partial charge in [0.25, 0.3) is 0 Å². The lowest BCUT2D eigenvalue weighted by molar-refractivity contribution is -0.138. The summed E-state index contributed by atoms with van der Waals surface area (Å²) in [6.45, 7) is 8.98. The molecule has 0 aromatic heterocycles. The Hall–Kier alpha value is -5.51. The van der Waals surface area contributed by atoms with Crippen LogP contribution < -0.4 is 18.9 Å². The summed E-state index contributed by atoms with van der Waals surface area (Å²) in [4.78, 5) is 60.4. The number of hydrogen-bond acceptors (Lipinski definition) is 10. The van der Waals surface area contributed by atoms with Crippen LogP contribution in [0.3, 0.4) is 0 Å². The zero-order chi connectivity index (χ0) is 31.2. The van der Waals surface area contributed by atoms with E-state index in [4.69, 9.17) is 23.7 Å². The molecule has 0 aliphatic heterocycles. The molecule has 0 amide bonds. The Morgan fingerprint density at radius 3 is 1.81 bits per heavy atom. The molecule has 222 valence electrons. The third kappa shape index (κ3) is 9.82. The van der Waals surface area contributed by atoms with Crippen molar-refractivity contribution in [2.75, 3.05) is 13.2 Å². The number of carbonyl (C=O) groups is 5. The summed E-state index contributed by atoms with van der Waals surface area (Å²) in [7, 11) is 0. The summed E-state index contributed by atoms with van der Waals surface area (Å²) in [5, 5.41) is 0. The second-order valence-electron chi connectivity index (χ2n) is 8.81. The molecule has 0 saturated heterocycles. The molecule has 0 aliphatic carbocycles. The van der Waals surface area contributed by atoms with Crippen LogP contribution in [0.15, 0.2) is 92.0 Å². The van der Waals surface area contributed by atoms with Gasteiger partial charge in [-0.1, -0.05) is 20.1 Å². The predicted octanol–water partition coefficient (Wildman–Crippen LogP) is 5.70. The number of ether oxygens (including phenoxy) is 5. The zero-order valence-corrected chi connectivity index (χ0v) is 23.5. The van der Waals surface area contributed by atoms with E-state index < -0.39 is 23.9 Å². The summed E-state index contributed by atoms with van der Waals surface area (Å²) in [6, 6.07) is 16.1. The molecule has 3 aromatic carbocycles. The fraction of sp³-hybridized carbons (Fsp3) is 0.182. The van der Waals surface area contributed by atoms with Crippen LogP contribution in [0.1, 0.15) is 57.3 Å². The molecular weight excluding hydrogens is 556 g/mol. The molecule has 0 unspecified atom stereocenters. The molecule has 0 bridgehead atoms. The van der Waals surface area contributed by atoms with Gasteiger partial charge >= 0.3 is 23.9 Å². The van der Waals surface area contributed by atoms with Crippen LogP contribution in [0.4, 0.5) is 0 Å². The van der Waals surface area contributed by atoms with Crippen LogP contribution in [0.2, 0.25) is 0 Å². The highest BCUT2D eigenvalue weighted by Crippen LogP contribution is 2.28. The number of hydrogen-bond donors (Lipinski definition) is 0. The quantitative estimate of drug-likeness (QED) is 0.0718. The van der Waals surface area contributed by atoms with Crippen molar-refractivity contribution < 1.29 is 47.7 Å². The number of carbonyl (C=O) groups excluding carboxylic acids is 5. The summed E-state index contributed by atoms with van der Waals surface area (Å²) in [6.07, 6.45) is 3.54. The Morgan fingerprint density at radius 2 is 1.21 bits per heavy atom. The van der Waals surface area contributed by atoms with E-state index in [1.54, 1.807) is 31.2 Å². The minimum atomic E-state index is -0.741. The van der Waals surface area contributed by atoms with Crippen molar-refractivity contribution in [3.63, 3.8) is 0 Å². The van der Waals surface area contributed by atoms with Gasteiger partial charge in [-0.05, 0) is 79.6 Å². The van der Waals surface area contributed by atoms with Gasteiger partial charge in [0.15, 0.2) is 5.78 Å². The van der Waals surface area contributed by atoms with Crippen LogP contribution in [-0.2, 0) is 14.3 Å². The van der Waals surface area contributed by atoms with Gasteiger partial charge in [-0.2, -0.15) is 0 Å². The number of rotatable bonds is 15. The highest BCUT2D eigenvalue weighted by atomic mass is 16.5. The predicted molar refractivity (Wildman–Crippen MR) is 156 cm³/mol. The average molecular weight is 587 g/mol. The van der Waals surface area contributed by atoms with Crippen LogP contribution >= 0.6 is 0 Å². The van der Waals surface area contributed by atoms with E-state index in [0.717, 1.165) is 12.2 Å². The number of esters is 4. The topological polar surface area (TPSA) is 132 Å². The highest BCUT2D eigenvalue weighted by Gasteiger charge is 2.19. The van der Waals surface area contributed by atoms with Crippen molar-refractivity contribution in [1.29, 1.82) is 0 Å². The monoisotopic (exact) mass is 586 g/mol. The van der Waals surface area contributed by atoms with E-state index in [9.17, 15) is 24.0 Å². The molecule has 3 aromatic rings. The van der Waals surface area contributed by atoms with E-state index in [2.05, 4.69) is 13.2 Å². The van der Waals surface area contributed by atoms with Gasteiger partial charge in [0.1, 0.15) is 23.0 Å². The van der Waals surface area contributed by atoms with Gasteiger partial charge < -0.3 is 23.7 Å². The Bertz CT molecular complexity index is 1490. The minimum absolute atomic E-state index is 0.000760. The SMILES string of the molecule is C=CC(=O)OCCCCOc1ccc(C(=O)Oc2ccc(OC(=O)c3ccc(OC(=O)C=C)cc3)c(C(=O)CC)c2)cc1. The van der Waals surface area contributed by atoms with E-state index in [-0.39, 0.29) is 52.7 Å². The first-order valence-electron chi connectivity index (χ1n) is 13.3. The third-order valence-electron chi connectivity index (χ3n) is 5.77. The van der Waals surface area contributed by atoms with Gasteiger partial charge in [0.2, 0.25) is 0 Å². The molecule has 0 atom stereocenters. The largest absolute Gasteiger partial charge is 0.494 e. The number of unbranched alkanes of at least 4 members (excludes halogenated alkanes) is 1. The van der Waals surface area contributed by atoms with Gasteiger partial charge in [-0.15, -0.1) is 0 Å². The van der Waals surface area contributed by atoms with Crippen LogP contribution in [-0.4, -0.2) is 42.9 Å². The Labute approximate surface area is 248 Å².